The van der Waals surface area contributed by atoms with Crippen molar-refractivity contribution in [1.29, 1.82) is 0 Å². The number of aliphatic hydroxyl groups is 1. The number of carbonyl (C=O) groups is 1. The van der Waals surface area contributed by atoms with Crippen LogP contribution in [0.2, 0.25) is 0 Å². The molecule has 0 radical (unpaired) electrons. The number of rotatable bonds is 5. The summed E-state index contributed by atoms with van der Waals surface area (Å²) in [6.45, 7) is 3.25. The van der Waals surface area contributed by atoms with Crippen LogP contribution in [0.3, 0.4) is 0 Å². The molecular weight excluding hydrogens is 307 g/mol. The van der Waals surface area contributed by atoms with Gasteiger partial charge in [-0.3, -0.25) is 4.79 Å². The molecule has 5 nitrogen and oxygen atoms in total. The highest BCUT2D eigenvalue weighted by Gasteiger charge is 2.20. The van der Waals surface area contributed by atoms with E-state index in [4.69, 9.17) is 4.74 Å². The van der Waals surface area contributed by atoms with Gasteiger partial charge in [0.05, 0.1) is 24.9 Å². The number of benzene rings is 1. The average molecular weight is 324 g/mol. The third-order valence-electron chi connectivity index (χ3n) is 3.12. The second-order valence-electron chi connectivity index (χ2n) is 4.79. The predicted octanol–water partition coefficient (Wildman–Crippen LogP) is 2.84. The van der Waals surface area contributed by atoms with E-state index in [9.17, 15) is 14.3 Å². The second-order valence-corrected chi connectivity index (χ2v) is 5.85. The molecule has 1 amide bonds. The fraction of sp³-hybridized carbons (Fsp3) is 0.333. The van der Waals surface area contributed by atoms with Crippen molar-refractivity contribution in [3.8, 4) is 5.75 Å². The van der Waals surface area contributed by atoms with E-state index in [0.717, 1.165) is 11.3 Å². The minimum Gasteiger partial charge on any atom is -0.496 e. The molecule has 0 aliphatic carbocycles. The smallest absolute Gasteiger partial charge is 0.263 e. The summed E-state index contributed by atoms with van der Waals surface area (Å²) < 4.78 is 19.1. The first kappa shape index (κ1) is 16.4. The van der Waals surface area contributed by atoms with E-state index in [1.54, 1.807) is 26.0 Å². The van der Waals surface area contributed by atoms with Gasteiger partial charge in [-0.15, -0.1) is 11.3 Å². The summed E-state index contributed by atoms with van der Waals surface area (Å²) in [5, 5.41) is 12.6. The van der Waals surface area contributed by atoms with E-state index in [2.05, 4.69) is 10.3 Å². The zero-order chi connectivity index (χ0) is 16.3. The Kier molecular flexibility index (Phi) is 5.10. The van der Waals surface area contributed by atoms with Crippen LogP contribution < -0.4 is 10.1 Å². The summed E-state index contributed by atoms with van der Waals surface area (Å²) in [7, 11) is 1.45. The molecule has 2 rings (SSSR count). The SMILES string of the molecule is COc1cccc(F)c1[C@@H](C)NC(=O)c1cnc([C@H](C)O)s1. The lowest BCUT2D eigenvalue weighted by atomic mass is 10.1. The number of thiazole rings is 1. The van der Waals surface area contributed by atoms with E-state index >= 15 is 0 Å². The van der Waals surface area contributed by atoms with Crippen molar-refractivity contribution < 1.29 is 19.0 Å². The van der Waals surface area contributed by atoms with Crippen LogP contribution in [0.4, 0.5) is 4.39 Å². The number of aromatic nitrogens is 1. The molecule has 2 atom stereocenters. The Labute approximate surface area is 131 Å². The number of hydrogen-bond acceptors (Lipinski definition) is 5. The van der Waals surface area contributed by atoms with E-state index in [1.165, 1.54) is 19.4 Å². The first-order chi connectivity index (χ1) is 10.4. The van der Waals surface area contributed by atoms with Crippen LogP contribution in [0.25, 0.3) is 0 Å². The molecular formula is C15H17FN2O3S. The van der Waals surface area contributed by atoms with Gasteiger partial charge in [0.2, 0.25) is 0 Å². The molecule has 0 unspecified atom stereocenters. The van der Waals surface area contributed by atoms with Crippen molar-refractivity contribution in [2.75, 3.05) is 7.11 Å². The Morgan fingerprint density at radius 1 is 1.45 bits per heavy atom. The largest absolute Gasteiger partial charge is 0.496 e. The Bertz CT molecular complexity index is 673. The lowest BCUT2D eigenvalue weighted by Gasteiger charge is -2.17. The van der Waals surface area contributed by atoms with Crippen LogP contribution in [-0.2, 0) is 0 Å². The number of methoxy groups -OCH3 is 1. The summed E-state index contributed by atoms with van der Waals surface area (Å²) >= 11 is 1.10. The molecule has 1 aromatic carbocycles. The van der Waals surface area contributed by atoms with Crippen LogP contribution in [0.15, 0.2) is 24.4 Å². The topological polar surface area (TPSA) is 71.5 Å². The maximum absolute atomic E-state index is 14.0. The van der Waals surface area contributed by atoms with Crippen molar-refractivity contribution in [3.05, 3.63) is 45.7 Å². The van der Waals surface area contributed by atoms with Crippen molar-refractivity contribution >= 4 is 17.2 Å². The molecule has 0 fully saturated rings. The molecule has 0 aliphatic heterocycles. The van der Waals surface area contributed by atoms with E-state index < -0.39 is 18.0 Å². The van der Waals surface area contributed by atoms with Crippen LogP contribution in [0.1, 0.15) is 46.2 Å². The van der Waals surface area contributed by atoms with Crippen LogP contribution in [0.5, 0.6) is 5.75 Å². The van der Waals surface area contributed by atoms with E-state index in [0.29, 0.717) is 21.2 Å². The molecule has 0 spiro atoms. The van der Waals surface area contributed by atoms with E-state index in [1.807, 2.05) is 0 Å². The fourth-order valence-electron chi connectivity index (χ4n) is 2.04. The van der Waals surface area contributed by atoms with Gasteiger partial charge in [0.25, 0.3) is 5.91 Å². The van der Waals surface area contributed by atoms with Crippen molar-refractivity contribution in [1.82, 2.24) is 10.3 Å². The van der Waals surface area contributed by atoms with Crippen molar-refractivity contribution in [2.45, 2.75) is 26.0 Å². The maximum Gasteiger partial charge on any atom is 0.263 e. The van der Waals surface area contributed by atoms with Gasteiger partial charge in [-0.05, 0) is 26.0 Å². The number of carbonyl (C=O) groups excluding carboxylic acids is 1. The molecule has 22 heavy (non-hydrogen) atoms. The maximum atomic E-state index is 14.0. The van der Waals surface area contributed by atoms with Crippen LogP contribution >= 0.6 is 11.3 Å². The molecule has 0 bridgehead atoms. The quantitative estimate of drug-likeness (QED) is 0.887. The minimum atomic E-state index is -0.726. The fourth-order valence-corrected chi connectivity index (χ4v) is 2.80. The highest BCUT2D eigenvalue weighted by molar-refractivity contribution is 7.13. The summed E-state index contributed by atoms with van der Waals surface area (Å²) in [4.78, 5) is 16.5. The second kappa shape index (κ2) is 6.85. The number of hydrogen-bond donors (Lipinski definition) is 2. The Morgan fingerprint density at radius 2 is 2.18 bits per heavy atom. The van der Waals surface area contributed by atoms with Crippen LogP contribution in [0, 0.1) is 5.82 Å². The zero-order valence-electron chi connectivity index (χ0n) is 12.5. The monoisotopic (exact) mass is 324 g/mol. The Morgan fingerprint density at radius 3 is 2.77 bits per heavy atom. The van der Waals surface area contributed by atoms with Gasteiger partial charge in [-0.1, -0.05) is 6.07 Å². The number of halogens is 1. The normalized spacial score (nSPS) is 13.5. The van der Waals surface area contributed by atoms with Crippen molar-refractivity contribution in [2.24, 2.45) is 0 Å². The first-order valence-corrected chi connectivity index (χ1v) is 7.52. The summed E-state index contributed by atoms with van der Waals surface area (Å²) in [6.07, 6.45) is 0.670. The molecule has 2 aromatic rings. The third kappa shape index (κ3) is 3.42. The lowest BCUT2D eigenvalue weighted by molar-refractivity contribution is 0.0943. The van der Waals surface area contributed by atoms with Gasteiger partial charge in [-0.2, -0.15) is 0 Å². The summed E-state index contributed by atoms with van der Waals surface area (Å²) in [5.41, 5.74) is 0.290. The van der Waals surface area contributed by atoms with Gasteiger partial charge in [-0.25, -0.2) is 9.37 Å². The number of aliphatic hydroxyl groups excluding tert-OH is 1. The van der Waals surface area contributed by atoms with Crippen LogP contribution in [-0.4, -0.2) is 23.1 Å². The predicted molar refractivity (Wildman–Crippen MR) is 81.6 cm³/mol. The molecule has 2 N–H and O–H groups in total. The van der Waals surface area contributed by atoms with Crippen molar-refractivity contribution in [3.63, 3.8) is 0 Å². The first-order valence-electron chi connectivity index (χ1n) is 6.71. The standard InChI is InChI=1S/C15H17FN2O3S/c1-8(13-10(16)5-4-6-11(13)21-3)18-14(20)12-7-17-15(22-12)9(2)19/h4-9,19H,1-3H3,(H,18,20)/t8-,9+/m1/s1. The molecule has 1 aromatic heterocycles. The molecule has 118 valence electrons. The van der Waals surface area contributed by atoms with Gasteiger partial charge < -0.3 is 15.2 Å². The van der Waals surface area contributed by atoms with Gasteiger partial charge in [0, 0.05) is 0 Å². The third-order valence-corrected chi connectivity index (χ3v) is 4.28. The highest BCUT2D eigenvalue weighted by atomic mass is 32.1. The van der Waals surface area contributed by atoms with E-state index in [-0.39, 0.29) is 5.91 Å². The molecule has 0 saturated carbocycles. The lowest BCUT2D eigenvalue weighted by Crippen LogP contribution is -2.27. The summed E-state index contributed by atoms with van der Waals surface area (Å²) in [6, 6.07) is 3.93. The number of ether oxygens (including phenoxy) is 1. The van der Waals surface area contributed by atoms with Gasteiger partial charge >= 0.3 is 0 Å². The molecule has 0 saturated heterocycles. The van der Waals surface area contributed by atoms with Gasteiger partial charge in [0.15, 0.2) is 0 Å². The summed E-state index contributed by atoms with van der Waals surface area (Å²) in [5.74, 6) is -0.440. The Hall–Kier alpha value is -1.99. The molecule has 1 heterocycles. The minimum absolute atomic E-state index is 0.290. The zero-order valence-corrected chi connectivity index (χ0v) is 13.3. The molecule has 0 aliphatic rings. The number of nitrogens with zero attached hydrogens (tertiary/aromatic N) is 1. The number of amides is 1. The molecule has 7 heteroatoms. The Balaban J connectivity index is 2.17. The highest BCUT2D eigenvalue weighted by Crippen LogP contribution is 2.28. The average Bonchev–Trinajstić information content (AvgIpc) is 2.96. The van der Waals surface area contributed by atoms with Gasteiger partial charge in [0.1, 0.15) is 27.6 Å². The number of nitrogens with one attached hydrogen (secondary N) is 1.